The van der Waals surface area contributed by atoms with Crippen LogP contribution in [0.1, 0.15) is 32.3 Å². The second-order valence-electron chi connectivity index (χ2n) is 9.28. The molecule has 5 rings (SSSR count). The van der Waals surface area contributed by atoms with E-state index < -0.39 is 5.54 Å². The number of nitrogens with zero attached hydrogens (tertiary/aromatic N) is 1. The third-order valence-corrected chi connectivity index (χ3v) is 6.60. The van der Waals surface area contributed by atoms with Crippen LogP contribution in [0, 0.1) is 5.92 Å². The molecule has 1 amide bonds. The fourth-order valence-electron chi connectivity index (χ4n) is 4.61. The summed E-state index contributed by atoms with van der Waals surface area (Å²) in [6.45, 7) is 8.23. The van der Waals surface area contributed by atoms with Crippen molar-refractivity contribution in [2.24, 2.45) is 5.92 Å². The topological polar surface area (TPSA) is 60.0 Å². The van der Waals surface area contributed by atoms with Crippen molar-refractivity contribution >= 4 is 6.09 Å². The van der Waals surface area contributed by atoms with Gasteiger partial charge in [0.15, 0.2) is 0 Å². The van der Waals surface area contributed by atoms with Crippen LogP contribution in [0.15, 0.2) is 48.5 Å². The third kappa shape index (κ3) is 5.43. The molecule has 3 aliphatic rings. The Hall–Kier alpha value is -2.57. The van der Waals surface area contributed by atoms with Crippen molar-refractivity contribution < 1.29 is 19.0 Å². The molecule has 1 unspecified atom stereocenters. The molecule has 6 nitrogen and oxygen atoms in total. The molecule has 1 atom stereocenters. The Labute approximate surface area is 190 Å². The van der Waals surface area contributed by atoms with Crippen molar-refractivity contribution in [3.8, 4) is 16.9 Å². The highest BCUT2D eigenvalue weighted by Crippen LogP contribution is 2.31. The van der Waals surface area contributed by atoms with Crippen molar-refractivity contribution in [1.82, 2.24) is 10.2 Å². The van der Waals surface area contributed by atoms with Gasteiger partial charge < -0.3 is 19.5 Å². The van der Waals surface area contributed by atoms with Gasteiger partial charge in [0.25, 0.3) is 0 Å². The quantitative estimate of drug-likeness (QED) is 0.618. The van der Waals surface area contributed by atoms with E-state index in [0.717, 1.165) is 54.9 Å². The number of alkyl carbamates (subject to hydrolysis) is 1. The van der Waals surface area contributed by atoms with Crippen LogP contribution >= 0.6 is 0 Å². The van der Waals surface area contributed by atoms with Crippen molar-refractivity contribution in [2.75, 3.05) is 40.0 Å². The Kier molecular flexibility index (Phi) is 7.01. The molecule has 3 fully saturated rings. The average Bonchev–Trinajstić information content (AvgIpc) is 2.80. The van der Waals surface area contributed by atoms with Gasteiger partial charge in [-0.1, -0.05) is 30.3 Å². The van der Waals surface area contributed by atoms with Gasteiger partial charge in [0.05, 0.1) is 12.1 Å². The minimum Gasteiger partial charge on any atom is -0.491 e. The zero-order chi connectivity index (χ0) is 22.6. The number of hydrogen-bond donors (Lipinski definition) is 1. The predicted octanol–water partition coefficient (Wildman–Crippen LogP) is 4.43. The number of amides is 1. The summed E-state index contributed by atoms with van der Waals surface area (Å²) in [6.07, 6.45) is 1.92. The first kappa shape index (κ1) is 22.6. The number of ether oxygens (including phenoxy) is 3. The number of methoxy groups -OCH3 is 1. The number of piperidine rings is 3. The summed E-state index contributed by atoms with van der Waals surface area (Å²) in [6, 6.07) is 16.3. The normalized spacial score (nSPS) is 22.4. The minimum atomic E-state index is -0.551. The number of hydrogen-bond acceptors (Lipinski definition) is 5. The van der Waals surface area contributed by atoms with E-state index >= 15 is 0 Å². The number of rotatable bonds is 8. The van der Waals surface area contributed by atoms with Crippen molar-refractivity contribution in [3.05, 3.63) is 54.1 Å². The summed E-state index contributed by atoms with van der Waals surface area (Å²) in [5, 5.41) is 3.08. The van der Waals surface area contributed by atoms with E-state index in [2.05, 4.69) is 22.3 Å². The molecule has 3 saturated heterocycles. The number of nitrogens with one attached hydrogen (secondary N) is 1. The van der Waals surface area contributed by atoms with Gasteiger partial charge in [0.1, 0.15) is 18.5 Å². The molecular weight excluding hydrogens is 404 g/mol. The maximum atomic E-state index is 12.7. The summed E-state index contributed by atoms with van der Waals surface area (Å²) in [4.78, 5) is 15.1. The fraction of sp³-hybridized carbons (Fsp3) is 0.500. The minimum absolute atomic E-state index is 0.00394. The lowest BCUT2D eigenvalue weighted by molar-refractivity contribution is -0.0349. The molecule has 0 saturated carbocycles. The molecule has 3 heterocycles. The maximum absolute atomic E-state index is 12.7. The second kappa shape index (κ2) is 9.92. The molecule has 0 aliphatic carbocycles. The Morgan fingerprint density at radius 3 is 2.47 bits per heavy atom. The van der Waals surface area contributed by atoms with Gasteiger partial charge in [-0.3, -0.25) is 4.90 Å². The number of carbonyl (C=O) groups excluding carboxylic acids is 1. The zero-order valence-corrected chi connectivity index (χ0v) is 19.3. The summed E-state index contributed by atoms with van der Waals surface area (Å²) in [7, 11) is 1.66. The SMILES string of the molecule is COCCOc1ccc(-c2cccc(C(C)(C)NC(=O)OC3CN4CCC3CC4)c2)cc1. The highest BCUT2D eigenvalue weighted by molar-refractivity contribution is 5.70. The van der Waals surface area contributed by atoms with Crippen LogP contribution in [0.2, 0.25) is 0 Å². The lowest BCUT2D eigenvalue weighted by Gasteiger charge is -2.44. The van der Waals surface area contributed by atoms with Crippen molar-refractivity contribution in [3.63, 3.8) is 0 Å². The van der Waals surface area contributed by atoms with E-state index in [4.69, 9.17) is 14.2 Å². The molecule has 1 N–H and O–H groups in total. The standard InChI is InChI=1S/C26H34N2O4/c1-26(2,27-25(29)32-24-18-28-13-11-20(24)12-14-28)22-6-4-5-21(17-22)19-7-9-23(10-8-19)31-16-15-30-3/h4-10,17,20,24H,11-16,18H2,1-3H3,(H,27,29). The Bertz CT molecular complexity index is 904. The van der Waals surface area contributed by atoms with Gasteiger partial charge in [0, 0.05) is 13.7 Å². The highest BCUT2D eigenvalue weighted by Gasteiger charge is 2.37. The smallest absolute Gasteiger partial charge is 0.408 e. The number of fused-ring (bicyclic) bond motifs is 3. The number of carbonyl (C=O) groups is 1. The molecule has 0 spiro atoms. The van der Waals surface area contributed by atoms with Gasteiger partial charge in [-0.2, -0.15) is 0 Å². The van der Waals surface area contributed by atoms with Crippen LogP contribution in [-0.2, 0) is 15.0 Å². The zero-order valence-electron chi connectivity index (χ0n) is 19.3. The van der Waals surface area contributed by atoms with E-state index in [1.807, 2.05) is 50.2 Å². The van der Waals surface area contributed by atoms with Crippen molar-refractivity contribution in [1.29, 1.82) is 0 Å². The molecule has 2 aromatic carbocycles. The lowest BCUT2D eigenvalue weighted by atomic mass is 9.86. The maximum Gasteiger partial charge on any atom is 0.408 e. The Morgan fingerprint density at radius 1 is 1.06 bits per heavy atom. The highest BCUT2D eigenvalue weighted by atomic mass is 16.6. The molecule has 172 valence electrons. The van der Waals surface area contributed by atoms with Gasteiger partial charge in [-0.15, -0.1) is 0 Å². The first-order valence-corrected chi connectivity index (χ1v) is 11.5. The van der Waals surface area contributed by atoms with Gasteiger partial charge in [-0.25, -0.2) is 4.79 Å². The van der Waals surface area contributed by atoms with Crippen LogP contribution in [0.3, 0.4) is 0 Å². The van der Waals surface area contributed by atoms with Gasteiger partial charge >= 0.3 is 6.09 Å². The van der Waals surface area contributed by atoms with Crippen LogP contribution < -0.4 is 10.1 Å². The monoisotopic (exact) mass is 438 g/mol. The fourth-order valence-corrected chi connectivity index (χ4v) is 4.61. The predicted molar refractivity (Wildman–Crippen MR) is 125 cm³/mol. The number of benzene rings is 2. The molecule has 2 bridgehead atoms. The van der Waals surface area contributed by atoms with Crippen LogP contribution in [0.5, 0.6) is 5.75 Å². The second-order valence-corrected chi connectivity index (χ2v) is 9.28. The Balaban J connectivity index is 1.39. The molecule has 32 heavy (non-hydrogen) atoms. The first-order chi connectivity index (χ1) is 15.4. The van der Waals surface area contributed by atoms with E-state index in [1.165, 1.54) is 0 Å². The average molecular weight is 439 g/mol. The van der Waals surface area contributed by atoms with E-state index in [0.29, 0.717) is 19.1 Å². The molecule has 2 aromatic rings. The Morgan fingerprint density at radius 2 is 1.81 bits per heavy atom. The molecule has 3 aliphatic heterocycles. The molecule has 0 aromatic heterocycles. The van der Waals surface area contributed by atoms with Crippen LogP contribution in [0.4, 0.5) is 4.79 Å². The molecule has 0 radical (unpaired) electrons. The molecular formula is C26H34N2O4. The molecule has 6 heteroatoms. The lowest BCUT2D eigenvalue weighted by Crippen LogP contribution is -2.53. The van der Waals surface area contributed by atoms with Gasteiger partial charge in [-0.05, 0) is 80.6 Å². The van der Waals surface area contributed by atoms with Crippen LogP contribution in [-0.4, -0.2) is 57.1 Å². The van der Waals surface area contributed by atoms with Crippen LogP contribution in [0.25, 0.3) is 11.1 Å². The first-order valence-electron chi connectivity index (χ1n) is 11.5. The van der Waals surface area contributed by atoms with E-state index in [9.17, 15) is 4.79 Å². The van der Waals surface area contributed by atoms with Crippen molar-refractivity contribution in [2.45, 2.75) is 38.3 Å². The van der Waals surface area contributed by atoms with E-state index in [-0.39, 0.29) is 12.2 Å². The van der Waals surface area contributed by atoms with E-state index in [1.54, 1.807) is 7.11 Å². The summed E-state index contributed by atoms with van der Waals surface area (Å²) in [5.41, 5.74) is 2.66. The van der Waals surface area contributed by atoms with Gasteiger partial charge in [0.2, 0.25) is 0 Å². The third-order valence-electron chi connectivity index (χ3n) is 6.60. The summed E-state index contributed by atoms with van der Waals surface area (Å²) >= 11 is 0. The largest absolute Gasteiger partial charge is 0.491 e. The summed E-state index contributed by atoms with van der Waals surface area (Å²) < 4.78 is 16.5. The summed E-state index contributed by atoms with van der Waals surface area (Å²) in [5.74, 6) is 1.32.